The number of nitrogens with one attached hydrogen (secondary N) is 1. The van der Waals surface area contributed by atoms with Gasteiger partial charge < -0.3 is 9.47 Å². The number of hydrogen-bond acceptors (Lipinski definition) is 8. The molecule has 5 rings (SSSR count). The number of nitrogens with zero attached hydrogens (tertiary/aromatic N) is 4. The van der Waals surface area contributed by atoms with E-state index >= 15 is 0 Å². The Morgan fingerprint density at radius 2 is 2.00 bits per heavy atom. The third kappa shape index (κ3) is 4.36. The zero-order valence-corrected chi connectivity index (χ0v) is 20.7. The molecule has 1 atom stereocenters. The smallest absolute Gasteiger partial charge is 0.238 e. The zero-order chi connectivity index (χ0) is 24.7. The molecule has 0 bridgehead atoms. The lowest BCUT2D eigenvalue weighted by Gasteiger charge is -2.29. The van der Waals surface area contributed by atoms with Gasteiger partial charge in [0.15, 0.2) is 6.23 Å². The predicted molar refractivity (Wildman–Crippen MR) is 133 cm³/mol. The number of aromatic nitrogens is 4. The summed E-state index contributed by atoms with van der Waals surface area (Å²) in [6.45, 7) is 2.05. The number of H-pyrrole nitrogens is 1. The Morgan fingerprint density at radius 3 is 2.74 bits per heavy atom. The lowest BCUT2D eigenvalue weighted by atomic mass is 10.1. The molecule has 13 heteroatoms. The summed E-state index contributed by atoms with van der Waals surface area (Å²) in [6.07, 6.45) is 3.55. The van der Waals surface area contributed by atoms with E-state index in [1.807, 2.05) is 0 Å². The highest BCUT2D eigenvalue weighted by atomic mass is 35.5. The molecular formula is C22H20Cl2N6O4S. The second-order valence-corrected chi connectivity index (χ2v) is 10.7. The fourth-order valence-corrected chi connectivity index (χ4v) is 5.51. The quantitative estimate of drug-likeness (QED) is 0.355. The Bertz CT molecular complexity index is 1510. The topological polar surface area (TPSA) is 136 Å². The lowest BCUT2D eigenvalue weighted by molar-refractivity contribution is 0.214. The van der Waals surface area contributed by atoms with Crippen LogP contribution in [0.25, 0.3) is 22.2 Å². The molecule has 0 amide bonds. The molecule has 0 spiro atoms. The maximum Gasteiger partial charge on any atom is 0.238 e. The Kier molecular flexibility index (Phi) is 6.18. The molecule has 4 heterocycles. The minimum Gasteiger partial charge on any atom is -0.474 e. The van der Waals surface area contributed by atoms with Gasteiger partial charge in [0.1, 0.15) is 23.7 Å². The number of rotatable bonds is 6. The van der Waals surface area contributed by atoms with Gasteiger partial charge in [0.2, 0.25) is 15.9 Å². The van der Waals surface area contributed by atoms with E-state index < -0.39 is 16.3 Å². The van der Waals surface area contributed by atoms with Crippen LogP contribution in [0.15, 0.2) is 42.9 Å². The van der Waals surface area contributed by atoms with Crippen LogP contribution in [0, 0.1) is 0 Å². The molecule has 0 saturated carbocycles. The monoisotopic (exact) mass is 534 g/mol. The highest BCUT2D eigenvalue weighted by molar-refractivity contribution is 7.92. The molecular weight excluding hydrogens is 515 g/mol. The Labute approximate surface area is 211 Å². The molecule has 0 radical (unpaired) electrons. The fourth-order valence-electron chi connectivity index (χ4n) is 3.84. The summed E-state index contributed by atoms with van der Waals surface area (Å²) >= 11 is 12.4. The molecule has 0 fully saturated rings. The SMILES string of the molecule is CCS(=O)(=O)N1CCOc2ncc(-c3n[nH]c4ccc(O[C@H](N)c5c(Cl)cncc5Cl)cc34)cc21. The Morgan fingerprint density at radius 1 is 1.23 bits per heavy atom. The van der Waals surface area contributed by atoms with E-state index in [0.717, 1.165) is 10.9 Å². The molecule has 3 aromatic heterocycles. The van der Waals surface area contributed by atoms with Crippen LogP contribution in [0.4, 0.5) is 5.69 Å². The van der Waals surface area contributed by atoms with Crippen LogP contribution in [-0.4, -0.2) is 47.5 Å². The van der Waals surface area contributed by atoms with E-state index in [4.69, 9.17) is 38.4 Å². The first-order chi connectivity index (χ1) is 16.8. The van der Waals surface area contributed by atoms with Crippen molar-refractivity contribution in [2.45, 2.75) is 13.2 Å². The van der Waals surface area contributed by atoms with Gasteiger partial charge in [-0.3, -0.25) is 20.1 Å². The number of sulfonamides is 1. The summed E-state index contributed by atoms with van der Waals surface area (Å²) in [6, 6.07) is 7.02. The number of nitrogens with two attached hydrogens (primary N) is 1. The van der Waals surface area contributed by atoms with Gasteiger partial charge in [0.25, 0.3) is 0 Å². The maximum atomic E-state index is 12.6. The average molecular weight is 535 g/mol. The van der Waals surface area contributed by atoms with Crippen molar-refractivity contribution in [1.82, 2.24) is 20.2 Å². The van der Waals surface area contributed by atoms with Crippen molar-refractivity contribution in [2.24, 2.45) is 5.73 Å². The highest BCUT2D eigenvalue weighted by Gasteiger charge is 2.29. The van der Waals surface area contributed by atoms with E-state index in [1.165, 1.54) is 16.7 Å². The van der Waals surface area contributed by atoms with Crippen LogP contribution in [0.3, 0.4) is 0 Å². The van der Waals surface area contributed by atoms with Crippen LogP contribution < -0.4 is 19.5 Å². The minimum atomic E-state index is -3.49. The number of fused-ring (bicyclic) bond motifs is 2. The van der Waals surface area contributed by atoms with Crippen LogP contribution in [-0.2, 0) is 10.0 Å². The fraction of sp³-hybridized carbons (Fsp3) is 0.227. The van der Waals surface area contributed by atoms with Crippen LogP contribution in [0.5, 0.6) is 11.6 Å². The van der Waals surface area contributed by atoms with Gasteiger partial charge in [0, 0.05) is 35.1 Å². The summed E-state index contributed by atoms with van der Waals surface area (Å²) < 4.78 is 38.0. The molecule has 1 aliphatic heterocycles. The largest absolute Gasteiger partial charge is 0.474 e. The van der Waals surface area contributed by atoms with Gasteiger partial charge in [-0.05, 0) is 31.2 Å². The summed E-state index contributed by atoms with van der Waals surface area (Å²) in [4.78, 5) is 8.27. The molecule has 0 unspecified atom stereocenters. The third-order valence-corrected chi connectivity index (χ3v) is 7.96. The standard InChI is InChI=1S/C22H20Cl2N6O4S/c1-2-35(31,32)30-5-6-33-22-18(30)7-12(9-27-22)20-14-8-13(3-4-17(14)28-29-20)34-21(25)19-15(23)10-26-11-16(19)24/h3-4,7-11,21H,2,5-6,25H2,1H3,(H,28,29)/t21-/m0/s1. The lowest BCUT2D eigenvalue weighted by Crippen LogP contribution is -2.39. The number of ether oxygens (including phenoxy) is 2. The molecule has 0 aliphatic carbocycles. The van der Waals surface area contributed by atoms with Crippen molar-refractivity contribution >= 4 is 49.8 Å². The number of pyridine rings is 2. The van der Waals surface area contributed by atoms with Gasteiger partial charge in [-0.15, -0.1) is 0 Å². The summed E-state index contributed by atoms with van der Waals surface area (Å²) in [5, 5.41) is 8.71. The summed E-state index contributed by atoms with van der Waals surface area (Å²) in [5.41, 5.74) is 8.93. The van der Waals surface area contributed by atoms with Gasteiger partial charge in [-0.25, -0.2) is 13.4 Å². The summed E-state index contributed by atoms with van der Waals surface area (Å²) in [5.74, 6) is 0.688. The van der Waals surface area contributed by atoms with Gasteiger partial charge in [0.05, 0.1) is 27.9 Å². The van der Waals surface area contributed by atoms with E-state index in [1.54, 1.807) is 37.4 Å². The van der Waals surface area contributed by atoms with E-state index in [2.05, 4.69) is 20.2 Å². The Hall–Kier alpha value is -3.12. The second kappa shape index (κ2) is 9.15. The normalized spacial score (nSPS) is 14.5. The second-order valence-electron chi connectivity index (χ2n) is 7.70. The number of aromatic amines is 1. The van der Waals surface area contributed by atoms with Gasteiger partial charge >= 0.3 is 0 Å². The minimum absolute atomic E-state index is 0.0333. The van der Waals surface area contributed by atoms with Crippen LogP contribution >= 0.6 is 23.2 Å². The molecule has 1 aliphatic rings. The van der Waals surface area contributed by atoms with Crippen LogP contribution in [0.2, 0.25) is 10.0 Å². The van der Waals surface area contributed by atoms with Crippen molar-refractivity contribution in [2.75, 3.05) is 23.2 Å². The van der Waals surface area contributed by atoms with E-state index in [-0.39, 0.29) is 24.8 Å². The van der Waals surface area contributed by atoms with Crippen molar-refractivity contribution in [3.05, 3.63) is 58.5 Å². The molecule has 4 aromatic rings. The van der Waals surface area contributed by atoms with Crippen molar-refractivity contribution in [3.63, 3.8) is 0 Å². The van der Waals surface area contributed by atoms with Gasteiger partial charge in [-0.1, -0.05) is 23.2 Å². The first kappa shape index (κ1) is 23.6. The Balaban J connectivity index is 1.52. The third-order valence-electron chi connectivity index (χ3n) is 5.58. The van der Waals surface area contributed by atoms with Crippen molar-refractivity contribution in [3.8, 4) is 22.9 Å². The number of benzene rings is 1. The van der Waals surface area contributed by atoms with E-state index in [9.17, 15) is 8.42 Å². The molecule has 35 heavy (non-hydrogen) atoms. The predicted octanol–water partition coefficient (Wildman–Crippen LogP) is 3.91. The van der Waals surface area contributed by atoms with Gasteiger partial charge in [-0.2, -0.15) is 5.10 Å². The molecule has 182 valence electrons. The first-order valence-electron chi connectivity index (χ1n) is 10.6. The molecule has 10 nitrogen and oxygen atoms in total. The zero-order valence-electron chi connectivity index (χ0n) is 18.4. The number of anilines is 1. The average Bonchev–Trinajstić information content (AvgIpc) is 3.26. The molecule has 1 aromatic carbocycles. The summed E-state index contributed by atoms with van der Waals surface area (Å²) in [7, 11) is -3.49. The molecule has 0 saturated heterocycles. The van der Waals surface area contributed by atoms with Crippen LogP contribution in [0.1, 0.15) is 18.7 Å². The number of halogens is 2. The van der Waals surface area contributed by atoms with Crippen molar-refractivity contribution in [1.29, 1.82) is 0 Å². The number of hydrogen-bond donors (Lipinski definition) is 2. The van der Waals surface area contributed by atoms with Crippen molar-refractivity contribution < 1.29 is 17.9 Å². The maximum absolute atomic E-state index is 12.6. The van der Waals surface area contributed by atoms with E-state index in [0.29, 0.717) is 38.3 Å². The molecule has 3 N–H and O–H groups in total. The first-order valence-corrected chi connectivity index (χ1v) is 13.0. The highest BCUT2D eigenvalue weighted by Crippen LogP contribution is 2.37.